The van der Waals surface area contributed by atoms with Gasteiger partial charge in [-0.2, -0.15) is 0 Å². The Kier molecular flexibility index (Phi) is 9.11. The monoisotopic (exact) mass is 370 g/mol. The summed E-state index contributed by atoms with van der Waals surface area (Å²) in [5.74, 6) is 0. The molecule has 2 heteroatoms. The standard InChI is InChI=1S/C17H14P.C5H5.Fe/c1-3-9-15(10-4-1)18(17-13-7-8-14-17)16-11-5-2-6-12-16;1-2-4-5-3-1;/h1-14H;1-5H;/q;;+2. The van der Waals surface area contributed by atoms with Gasteiger partial charge in [-0.1, -0.05) is 60.7 Å². The van der Waals surface area contributed by atoms with E-state index < -0.39 is 7.92 Å². The number of rotatable bonds is 3. The molecule has 2 aliphatic rings. The summed E-state index contributed by atoms with van der Waals surface area (Å²) in [6, 6.07) is 21.6. The predicted molar refractivity (Wildman–Crippen MR) is 101 cm³/mol. The molecule has 0 amide bonds. The Bertz CT molecular complexity index is 498. The van der Waals surface area contributed by atoms with Crippen LogP contribution in [0.25, 0.3) is 0 Å². The molecule has 0 aromatic heterocycles. The molecule has 24 heavy (non-hydrogen) atoms. The number of benzene rings is 2. The summed E-state index contributed by atoms with van der Waals surface area (Å²) in [5.41, 5.74) is 1.42. The summed E-state index contributed by atoms with van der Waals surface area (Å²) in [4.78, 5) is 0. The Morgan fingerprint density at radius 3 is 1.21 bits per heavy atom. The van der Waals surface area contributed by atoms with Crippen LogP contribution in [0.1, 0.15) is 0 Å². The molecule has 0 atom stereocenters. The van der Waals surface area contributed by atoms with Gasteiger partial charge in [-0.3, -0.25) is 0 Å². The van der Waals surface area contributed by atoms with Crippen molar-refractivity contribution in [3.8, 4) is 0 Å². The van der Waals surface area contributed by atoms with Crippen molar-refractivity contribution in [3.63, 3.8) is 0 Å². The van der Waals surface area contributed by atoms with Gasteiger partial charge in [0.05, 0.1) is 0 Å². The van der Waals surface area contributed by atoms with Gasteiger partial charge in [-0.25, -0.2) is 0 Å². The Morgan fingerprint density at radius 2 is 0.833 bits per heavy atom. The third kappa shape index (κ3) is 5.73. The summed E-state index contributed by atoms with van der Waals surface area (Å²) in [6.45, 7) is 0. The molecule has 0 nitrogen and oxygen atoms in total. The molecule has 0 aliphatic heterocycles. The molecule has 0 N–H and O–H groups in total. The summed E-state index contributed by atoms with van der Waals surface area (Å²) in [7, 11) is -0.409. The fourth-order valence-corrected chi connectivity index (χ4v) is 4.74. The zero-order valence-electron chi connectivity index (χ0n) is 13.3. The van der Waals surface area contributed by atoms with Gasteiger partial charge in [0.25, 0.3) is 0 Å². The van der Waals surface area contributed by atoms with Gasteiger partial charge in [0.2, 0.25) is 0 Å². The zero-order chi connectivity index (χ0) is 15.7. The van der Waals surface area contributed by atoms with Gasteiger partial charge in [-0.15, -0.1) is 0 Å². The molecule has 2 aliphatic carbocycles. The number of hydrogen-bond acceptors (Lipinski definition) is 0. The van der Waals surface area contributed by atoms with Crippen LogP contribution >= 0.6 is 7.92 Å². The van der Waals surface area contributed by atoms with E-state index in [0.717, 1.165) is 0 Å². The molecule has 4 rings (SSSR count). The van der Waals surface area contributed by atoms with E-state index >= 15 is 0 Å². The number of hydrogen-bond donors (Lipinski definition) is 0. The second-order valence-electron chi connectivity index (χ2n) is 5.11. The van der Waals surface area contributed by atoms with Crippen LogP contribution < -0.4 is 10.6 Å². The van der Waals surface area contributed by atoms with Crippen LogP contribution in [0.4, 0.5) is 0 Å². The molecule has 118 valence electrons. The summed E-state index contributed by atoms with van der Waals surface area (Å²) >= 11 is 0. The van der Waals surface area contributed by atoms with Crippen molar-refractivity contribution in [2.24, 2.45) is 0 Å². The average molecular weight is 370 g/mol. The molecule has 10 radical (unpaired) electrons. The molecular formula is C22H19FeP+2. The minimum Gasteiger partial charge on any atom is -0.0622 e. The third-order valence-electron chi connectivity index (χ3n) is 3.49. The zero-order valence-corrected chi connectivity index (χ0v) is 15.3. The maximum atomic E-state index is 2.23. The van der Waals surface area contributed by atoms with E-state index in [4.69, 9.17) is 0 Å². The largest absolute Gasteiger partial charge is 2.00 e. The van der Waals surface area contributed by atoms with Crippen molar-refractivity contribution < 1.29 is 17.1 Å². The molecule has 2 fully saturated rings. The van der Waals surface area contributed by atoms with Crippen molar-refractivity contribution in [1.29, 1.82) is 0 Å². The van der Waals surface area contributed by atoms with E-state index in [9.17, 15) is 0 Å². The van der Waals surface area contributed by atoms with Gasteiger partial charge >= 0.3 is 17.1 Å². The van der Waals surface area contributed by atoms with E-state index in [-0.39, 0.29) is 17.1 Å². The van der Waals surface area contributed by atoms with Crippen LogP contribution in [0.3, 0.4) is 0 Å². The topological polar surface area (TPSA) is 0 Å². The summed E-state index contributed by atoms with van der Waals surface area (Å²) < 4.78 is 0. The molecule has 2 saturated carbocycles. The molecule has 2 aromatic rings. The van der Waals surface area contributed by atoms with Crippen LogP contribution in [0.15, 0.2) is 60.7 Å². The minimum absolute atomic E-state index is 0. The first-order chi connectivity index (χ1) is 11.4. The molecule has 0 spiro atoms. The Morgan fingerprint density at radius 1 is 0.458 bits per heavy atom. The quantitative estimate of drug-likeness (QED) is 0.551. The van der Waals surface area contributed by atoms with Crippen molar-refractivity contribution in [1.82, 2.24) is 0 Å². The first-order valence-corrected chi connectivity index (χ1v) is 9.08. The average Bonchev–Trinajstić information content (AvgIpc) is 3.34. The van der Waals surface area contributed by atoms with Crippen LogP contribution in [-0.4, -0.2) is 0 Å². The molecule has 2 aromatic carbocycles. The molecule has 0 unspecified atom stereocenters. The van der Waals surface area contributed by atoms with E-state index in [1.807, 2.05) is 32.1 Å². The van der Waals surface area contributed by atoms with E-state index in [1.165, 1.54) is 16.3 Å². The van der Waals surface area contributed by atoms with Gasteiger partial charge in [-0.05, 0) is 76.3 Å². The summed E-state index contributed by atoms with van der Waals surface area (Å²) in [5, 5.41) is 2.81. The maximum absolute atomic E-state index is 2.23. The summed E-state index contributed by atoms with van der Waals surface area (Å²) in [6.07, 6.45) is 18.7. The van der Waals surface area contributed by atoms with Crippen LogP contribution in [0, 0.1) is 63.4 Å². The van der Waals surface area contributed by atoms with E-state index in [1.54, 1.807) is 0 Å². The molecular weight excluding hydrogens is 351 g/mol. The van der Waals surface area contributed by atoms with Crippen LogP contribution in [-0.2, 0) is 17.1 Å². The minimum atomic E-state index is -0.409. The van der Waals surface area contributed by atoms with Crippen LogP contribution in [0.5, 0.6) is 0 Å². The smallest absolute Gasteiger partial charge is 0.0622 e. The van der Waals surface area contributed by atoms with E-state index in [2.05, 4.69) is 86.3 Å². The Labute approximate surface area is 159 Å². The second-order valence-corrected chi connectivity index (χ2v) is 7.33. The Balaban J connectivity index is 0.000000300. The van der Waals surface area contributed by atoms with Gasteiger partial charge in [0, 0.05) is 5.66 Å². The van der Waals surface area contributed by atoms with Crippen molar-refractivity contribution in [2.75, 3.05) is 0 Å². The normalized spacial score (nSPS) is 17.2. The SMILES string of the molecule is [CH]1[CH][CH][CH][CH]1.[CH]1[CH][CH][C](P(c2ccccc2)c2ccccc2)[CH]1.[Fe+2]. The molecule has 0 heterocycles. The van der Waals surface area contributed by atoms with Crippen molar-refractivity contribution in [3.05, 3.63) is 124 Å². The van der Waals surface area contributed by atoms with Gasteiger partial charge < -0.3 is 0 Å². The second kappa shape index (κ2) is 11.1. The molecule has 0 saturated heterocycles. The fraction of sp³-hybridized carbons (Fsp3) is 0. The molecule has 0 bridgehead atoms. The maximum Gasteiger partial charge on any atom is 2.00 e. The van der Waals surface area contributed by atoms with Crippen molar-refractivity contribution in [2.45, 2.75) is 0 Å². The van der Waals surface area contributed by atoms with E-state index in [0.29, 0.717) is 0 Å². The predicted octanol–water partition coefficient (Wildman–Crippen LogP) is 4.50. The fourth-order valence-electron chi connectivity index (χ4n) is 2.44. The van der Waals surface area contributed by atoms with Gasteiger partial charge in [0.15, 0.2) is 0 Å². The first kappa shape index (κ1) is 19.7. The van der Waals surface area contributed by atoms with Crippen LogP contribution in [0.2, 0.25) is 0 Å². The Hall–Kier alpha value is -0.611. The first-order valence-electron chi connectivity index (χ1n) is 7.74. The third-order valence-corrected chi connectivity index (χ3v) is 5.93. The van der Waals surface area contributed by atoms with Crippen molar-refractivity contribution >= 4 is 18.5 Å². The van der Waals surface area contributed by atoms with Gasteiger partial charge in [0.1, 0.15) is 0 Å².